The number of hydrogen-bond acceptors (Lipinski definition) is 3. The first-order chi connectivity index (χ1) is 13.7. The number of nitrogens with zero attached hydrogens (tertiary/aromatic N) is 2. The Hall–Kier alpha value is -2.66. The first-order valence-corrected chi connectivity index (χ1v) is 10.7. The van der Waals surface area contributed by atoms with Crippen molar-refractivity contribution in [3.8, 4) is 0 Å². The maximum atomic E-state index is 13.1. The molecule has 0 N–H and O–H groups in total. The molecule has 1 aromatic heterocycles. The zero-order chi connectivity index (χ0) is 19.1. The van der Waals surface area contributed by atoms with Gasteiger partial charge in [-0.3, -0.25) is 9.59 Å². The minimum atomic E-state index is 0.0618. The summed E-state index contributed by atoms with van der Waals surface area (Å²) >= 11 is 1.74. The van der Waals surface area contributed by atoms with Crippen molar-refractivity contribution >= 4 is 33.9 Å². The number of amides is 2. The van der Waals surface area contributed by atoms with E-state index < -0.39 is 0 Å². The molecule has 0 unspecified atom stereocenters. The van der Waals surface area contributed by atoms with E-state index in [-0.39, 0.29) is 17.7 Å². The summed E-state index contributed by atoms with van der Waals surface area (Å²) in [6.07, 6.45) is 0.967. The molecule has 4 nitrogen and oxygen atoms in total. The van der Waals surface area contributed by atoms with E-state index in [1.165, 1.54) is 4.88 Å². The first-order valence-electron chi connectivity index (χ1n) is 9.81. The van der Waals surface area contributed by atoms with Crippen LogP contribution in [-0.4, -0.2) is 47.8 Å². The summed E-state index contributed by atoms with van der Waals surface area (Å²) < 4.78 is 0. The molecular weight excluding hydrogens is 368 g/mol. The van der Waals surface area contributed by atoms with Crippen LogP contribution in [0.5, 0.6) is 0 Å². The average Bonchev–Trinajstić information content (AvgIpc) is 3.36. The number of thiophene rings is 1. The van der Waals surface area contributed by atoms with Gasteiger partial charge in [-0.2, -0.15) is 0 Å². The SMILES string of the molecule is O=C(c1cccc2ccccc12)N1CCN(C(=O)[C@@H]2C[C@H]2c2cccs2)CC1. The molecule has 3 aromatic rings. The van der Waals surface area contributed by atoms with Crippen molar-refractivity contribution in [2.24, 2.45) is 5.92 Å². The van der Waals surface area contributed by atoms with Crippen LogP contribution in [0.2, 0.25) is 0 Å². The maximum Gasteiger partial charge on any atom is 0.254 e. The van der Waals surface area contributed by atoms with Gasteiger partial charge in [-0.25, -0.2) is 0 Å². The van der Waals surface area contributed by atoms with Crippen LogP contribution in [0.3, 0.4) is 0 Å². The number of benzene rings is 2. The van der Waals surface area contributed by atoms with Gasteiger partial charge in [-0.15, -0.1) is 11.3 Å². The second-order valence-corrected chi connectivity index (χ2v) is 8.59. The number of rotatable bonds is 3. The fraction of sp³-hybridized carbons (Fsp3) is 0.304. The van der Waals surface area contributed by atoms with Gasteiger partial charge >= 0.3 is 0 Å². The van der Waals surface area contributed by atoms with E-state index in [0.717, 1.165) is 22.8 Å². The second kappa shape index (κ2) is 7.06. The van der Waals surface area contributed by atoms with Crippen molar-refractivity contribution < 1.29 is 9.59 Å². The highest BCUT2D eigenvalue weighted by atomic mass is 32.1. The zero-order valence-electron chi connectivity index (χ0n) is 15.6. The second-order valence-electron chi connectivity index (χ2n) is 7.61. The van der Waals surface area contributed by atoms with Crippen LogP contribution < -0.4 is 0 Å². The number of fused-ring (bicyclic) bond motifs is 1. The van der Waals surface area contributed by atoms with Crippen LogP contribution >= 0.6 is 11.3 Å². The van der Waals surface area contributed by atoms with E-state index in [4.69, 9.17) is 0 Å². The lowest BCUT2D eigenvalue weighted by Gasteiger charge is -2.35. The van der Waals surface area contributed by atoms with E-state index in [0.29, 0.717) is 32.1 Å². The average molecular weight is 391 g/mol. The Labute approximate surface area is 168 Å². The fourth-order valence-corrected chi connectivity index (χ4v) is 5.14. The predicted molar refractivity (Wildman–Crippen MR) is 112 cm³/mol. The van der Waals surface area contributed by atoms with Gasteiger partial charge in [0.05, 0.1) is 0 Å². The third kappa shape index (κ3) is 3.10. The third-order valence-corrected chi connectivity index (χ3v) is 6.92. The molecule has 0 spiro atoms. The Morgan fingerprint density at radius 1 is 0.857 bits per heavy atom. The van der Waals surface area contributed by atoms with E-state index in [2.05, 4.69) is 17.5 Å². The van der Waals surface area contributed by atoms with Crippen LogP contribution in [0.25, 0.3) is 10.8 Å². The number of piperazine rings is 1. The Morgan fingerprint density at radius 2 is 1.61 bits per heavy atom. The molecule has 142 valence electrons. The largest absolute Gasteiger partial charge is 0.339 e. The van der Waals surface area contributed by atoms with Gasteiger partial charge in [0.1, 0.15) is 0 Å². The van der Waals surface area contributed by atoms with Crippen molar-refractivity contribution in [3.63, 3.8) is 0 Å². The van der Waals surface area contributed by atoms with Gasteiger partial charge < -0.3 is 9.80 Å². The summed E-state index contributed by atoms with van der Waals surface area (Å²) in [5, 5.41) is 4.15. The quantitative estimate of drug-likeness (QED) is 0.678. The normalized spacial score (nSPS) is 21.7. The summed E-state index contributed by atoms with van der Waals surface area (Å²) in [6.45, 7) is 2.46. The minimum Gasteiger partial charge on any atom is -0.339 e. The summed E-state index contributed by atoms with van der Waals surface area (Å²) in [7, 11) is 0. The zero-order valence-corrected chi connectivity index (χ0v) is 16.4. The molecule has 2 aliphatic rings. The molecule has 2 heterocycles. The summed E-state index contributed by atoms with van der Waals surface area (Å²) in [4.78, 5) is 31.0. The molecule has 2 atom stereocenters. The molecule has 0 radical (unpaired) electrons. The van der Waals surface area contributed by atoms with Crippen LogP contribution in [0, 0.1) is 5.92 Å². The molecular formula is C23H22N2O2S. The van der Waals surface area contributed by atoms with Crippen molar-refractivity contribution in [2.75, 3.05) is 26.2 Å². The highest BCUT2D eigenvalue weighted by molar-refractivity contribution is 7.10. The van der Waals surface area contributed by atoms with Gasteiger partial charge in [0.2, 0.25) is 5.91 Å². The molecule has 5 rings (SSSR count). The number of carbonyl (C=O) groups is 2. The van der Waals surface area contributed by atoms with Crippen molar-refractivity contribution in [1.29, 1.82) is 0 Å². The van der Waals surface area contributed by atoms with Gasteiger partial charge in [-0.05, 0) is 34.7 Å². The van der Waals surface area contributed by atoms with Crippen molar-refractivity contribution in [1.82, 2.24) is 9.80 Å². The smallest absolute Gasteiger partial charge is 0.254 e. The summed E-state index contributed by atoms with van der Waals surface area (Å²) in [5.74, 6) is 0.865. The van der Waals surface area contributed by atoms with E-state index in [1.54, 1.807) is 11.3 Å². The fourth-order valence-electron chi connectivity index (χ4n) is 4.23. The van der Waals surface area contributed by atoms with Gasteiger partial charge in [0.15, 0.2) is 0 Å². The molecule has 1 aliphatic heterocycles. The summed E-state index contributed by atoms with van der Waals surface area (Å²) in [5.41, 5.74) is 0.748. The third-order valence-electron chi connectivity index (χ3n) is 5.91. The molecule has 2 amide bonds. The van der Waals surface area contributed by atoms with Crippen LogP contribution in [-0.2, 0) is 4.79 Å². The van der Waals surface area contributed by atoms with Gasteiger partial charge in [-0.1, -0.05) is 42.5 Å². The Balaban J connectivity index is 1.23. The van der Waals surface area contributed by atoms with E-state index >= 15 is 0 Å². The topological polar surface area (TPSA) is 40.6 Å². The highest BCUT2D eigenvalue weighted by Crippen LogP contribution is 2.50. The van der Waals surface area contributed by atoms with Crippen molar-refractivity contribution in [3.05, 3.63) is 70.4 Å². The molecule has 1 aliphatic carbocycles. The summed E-state index contributed by atoms with van der Waals surface area (Å²) in [6, 6.07) is 18.0. The monoisotopic (exact) mass is 390 g/mol. The number of carbonyl (C=O) groups excluding carboxylic acids is 2. The molecule has 5 heteroatoms. The highest BCUT2D eigenvalue weighted by Gasteiger charge is 2.46. The Bertz CT molecular complexity index is 1020. The molecule has 2 fully saturated rings. The van der Waals surface area contributed by atoms with Crippen LogP contribution in [0.1, 0.15) is 27.6 Å². The molecule has 1 saturated carbocycles. The molecule has 1 saturated heterocycles. The predicted octanol–water partition coefficient (Wildman–Crippen LogP) is 3.99. The van der Waals surface area contributed by atoms with Gasteiger partial charge in [0, 0.05) is 48.5 Å². The van der Waals surface area contributed by atoms with Gasteiger partial charge in [0.25, 0.3) is 5.91 Å². The van der Waals surface area contributed by atoms with E-state index in [9.17, 15) is 9.59 Å². The van der Waals surface area contributed by atoms with Crippen LogP contribution in [0.4, 0.5) is 0 Å². The van der Waals surface area contributed by atoms with E-state index in [1.807, 2.05) is 52.3 Å². The van der Waals surface area contributed by atoms with Crippen molar-refractivity contribution in [2.45, 2.75) is 12.3 Å². The molecule has 0 bridgehead atoms. The lowest BCUT2D eigenvalue weighted by molar-refractivity contribution is -0.134. The Morgan fingerprint density at radius 3 is 2.39 bits per heavy atom. The Kier molecular flexibility index (Phi) is 4.40. The maximum absolute atomic E-state index is 13.1. The lowest BCUT2D eigenvalue weighted by atomic mass is 10.0. The molecule has 2 aromatic carbocycles. The lowest BCUT2D eigenvalue weighted by Crippen LogP contribution is -2.51. The molecule has 28 heavy (non-hydrogen) atoms. The standard InChI is InChI=1S/C23H22N2O2S/c26-22(18-8-3-6-16-5-1-2-7-17(16)18)24-10-12-25(13-11-24)23(27)20-15-19(20)21-9-4-14-28-21/h1-9,14,19-20H,10-13,15H2/t19-,20-/m1/s1. The number of hydrogen-bond donors (Lipinski definition) is 0. The minimum absolute atomic E-state index is 0.0618. The van der Waals surface area contributed by atoms with Crippen LogP contribution in [0.15, 0.2) is 60.0 Å². The first kappa shape index (κ1) is 17.4.